The highest BCUT2D eigenvalue weighted by molar-refractivity contribution is 5.91. The topological polar surface area (TPSA) is 95.9 Å². The van der Waals surface area contributed by atoms with Gasteiger partial charge in [0, 0.05) is 12.5 Å². The summed E-state index contributed by atoms with van der Waals surface area (Å²) in [5.74, 6) is -1.06. The van der Waals surface area contributed by atoms with Gasteiger partial charge in [-0.1, -0.05) is 48.5 Å². The monoisotopic (exact) mass is 448 g/mol. The standard InChI is InChI=1S/C26H28N2O5/c1-16(23(29)28-14-17-10-12-26(28,13-11-17)24(30)31)27-25(32)33-15-22-20-8-4-2-6-18(20)19-7-3-5-9-21(19)22/h2-9,16-17,22H,10-15H2,1H3,(H,27,32)(H,30,31)/t16-,17?,26?/m0/s1. The fourth-order valence-corrected chi connectivity index (χ4v) is 5.78. The lowest BCUT2D eigenvalue weighted by molar-refractivity contribution is -0.171. The first-order valence-corrected chi connectivity index (χ1v) is 11.6. The van der Waals surface area contributed by atoms with Gasteiger partial charge < -0.3 is 20.1 Å². The Hall–Kier alpha value is -3.35. The summed E-state index contributed by atoms with van der Waals surface area (Å²) < 4.78 is 5.55. The third-order valence-corrected chi connectivity index (χ3v) is 7.60. The van der Waals surface area contributed by atoms with E-state index in [0.29, 0.717) is 25.3 Å². The molecule has 0 aromatic heterocycles. The van der Waals surface area contributed by atoms with E-state index in [1.54, 1.807) is 6.92 Å². The molecule has 0 spiro atoms. The van der Waals surface area contributed by atoms with Gasteiger partial charge in [0.1, 0.15) is 18.2 Å². The van der Waals surface area contributed by atoms with Crippen molar-refractivity contribution in [1.29, 1.82) is 0 Å². The van der Waals surface area contributed by atoms with E-state index < -0.39 is 23.6 Å². The minimum Gasteiger partial charge on any atom is -0.479 e. The number of aliphatic carboxylic acids is 1. The van der Waals surface area contributed by atoms with E-state index in [9.17, 15) is 19.5 Å². The lowest BCUT2D eigenvalue weighted by Gasteiger charge is -2.52. The molecule has 2 N–H and O–H groups in total. The zero-order chi connectivity index (χ0) is 23.2. The number of carboxylic acids is 1. The van der Waals surface area contributed by atoms with Gasteiger partial charge in [-0.2, -0.15) is 0 Å². The summed E-state index contributed by atoms with van der Waals surface area (Å²) in [6, 6.07) is 15.3. The minimum absolute atomic E-state index is 0.0673. The minimum atomic E-state index is -1.15. The molecule has 4 aliphatic rings. The van der Waals surface area contributed by atoms with Gasteiger partial charge in [0.25, 0.3) is 0 Å². The molecule has 172 valence electrons. The molecule has 3 fully saturated rings. The van der Waals surface area contributed by atoms with Crippen molar-refractivity contribution in [2.24, 2.45) is 5.92 Å². The molecular formula is C26H28N2O5. The third kappa shape index (κ3) is 3.56. The fraction of sp³-hybridized carbons (Fsp3) is 0.423. The highest BCUT2D eigenvalue weighted by atomic mass is 16.5. The predicted octanol–water partition coefficient (Wildman–Crippen LogP) is 3.77. The number of carbonyl (C=O) groups excluding carboxylic acids is 2. The Morgan fingerprint density at radius 3 is 2.21 bits per heavy atom. The molecule has 2 aliphatic carbocycles. The van der Waals surface area contributed by atoms with Crippen LogP contribution in [0.4, 0.5) is 4.79 Å². The van der Waals surface area contributed by atoms with E-state index in [2.05, 4.69) is 17.4 Å². The molecule has 2 aromatic carbocycles. The van der Waals surface area contributed by atoms with Crippen molar-refractivity contribution in [2.45, 2.75) is 50.1 Å². The van der Waals surface area contributed by atoms with Crippen LogP contribution in [-0.4, -0.2) is 52.7 Å². The number of ether oxygens (including phenoxy) is 1. The number of hydrogen-bond donors (Lipinski definition) is 2. The summed E-state index contributed by atoms with van der Waals surface area (Å²) in [6.45, 7) is 2.18. The third-order valence-electron chi connectivity index (χ3n) is 7.60. The van der Waals surface area contributed by atoms with Crippen molar-refractivity contribution in [1.82, 2.24) is 10.2 Å². The first-order valence-electron chi connectivity index (χ1n) is 11.6. The van der Waals surface area contributed by atoms with Crippen molar-refractivity contribution < 1.29 is 24.2 Å². The van der Waals surface area contributed by atoms with Crippen LogP contribution >= 0.6 is 0 Å². The summed E-state index contributed by atoms with van der Waals surface area (Å²) in [5, 5.41) is 12.5. The molecule has 1 saturated carbocycles. The number of fused-ring (bicyclic) bond motifs is 6. The Kier molecular flexibility index (Phi) is 5.35. The number of carboxylic acid groups (broad SMARTS) is 1. The highest BCUT2D eigenvalue weighted by Gasteiger charge is 2.54. The summed E-state index contributed by atoms with van der Waals surface area (Å²) in [5.41, 5.74) is 3.37. The lowest BCUT2D eigenvalue weighted by Crippen LogP contribution is -2.66. The molecule has 2 amide bonds. The quantitative estimate of drug-likeness (QED) is 0.726. The Labute approximate surface area is 192 Å². The normalized spacial score (nSPS) is 24.0. The number of rotatable bonds is 5. The molecule has 7 nitrogen and oxygen atoms in total. The van der Waals surface area contributed by atoms with E-state index in [4.69, 9.17) is 4.74 Å². The van der Waals surface area contributed by atoms with Crippen molar-refractivity contribution in [2.75, 3.05) is 13.2 Å². The Morgan fingerprint density at radius 1 is 1.06 bits per heavy atom. The average molecular weight is 449 g/mol. The zero-order valence-electron chi connectivity index (χ0n) is 18.6. The number of amides is 2. The van der Waals surface area contributed by atoms with Crippen LogP contribution in [0.25, 0.3) is 11.1 Å². The maximum absolute atomic E-state index is 13.1. The summed E-state index contributed by atoms with van der Waals surface area (Å²) >= 11 is 0. The molecule has 2 bridgehead atoms. The molecule has 2 saturated heterocycles. The molecule has 2 aromatic rings. The molecule has 2 heterocycles. The Morgan fingerprint density at radius 2 is 1.64 bits per heavy atom. The zero-order valence-corrected chi connectivity index (χ0v) is 18.6. The maximum Gasteiger partial charge on any atom is 0.407 e. The SMILES string of the molecule is C[C@H](NC(=O)OCC1c2ccccc2-c2ccccc21)C(=O)N1CC2CCC1(C(=O)O)CC2. The van der Waals surface area contributed by atoms with E-state index in [-0.39, 0.29) is 18.4 Å². The summed E-state index contributed by atoms with van der Waals surface area (Å²) in [7, 11) is 0. The molecule has 0 unspecified atom stereocenters. The number of carbonyl (C=O) groups is 3. The Bertz CT molecular complexity index is 1060. The van der Waals surface area contributed by atoms with Crippen LogP contribution in [0.5, 0.6) is 0 Å². The number of hydrogen-bond acceptors (Lipinski definition) is 4. The van der Waals surface area contributed by atoms with Gasteiger partial charge in [-0.25, -0.2) is 9.59 Å². The van der Waals surface area contributed by atoms with Crippen molar-refractivity contribution in [3.05, 3.63) is 59.7 Å². The van der Waals surface area contributed by atoms with Gasteiger partial charge >= 0.3 is 12.1 Å². The van der Waals surface area contributed by atoms with Crippen LogP contribution < -0.4 is 5.32 Å². The number of alkyl carbamates (subject to hydrolysis) is 1. The Balaban J connectivity index is 1.24. The maximum atomic E-state index is 13.1. The number of piperidine rings is 2. The van der Waals surface area contributed by atoms with E-state index in [1.165, 1.54) is 4.90 Å². The van der Waals surface area contributed by atoms with Gasteiger partial charge in [0.2, 0.25) is 5.91 Å². The largest absolute Gasteiger partial charge is 0.479 e. The smallest absolute Gasteiger partial charge is 0.407 e. The van der Waals surface area contributed by atoms with Crippen molar-refractivity contribution in [3.63, 3.8) is 0 Å². The van der Waals surface area contributed by atoms with E-state index >= 15 is 0 Å². The predicted molar refractivity (Wildman–Crippen MR) is 122 cm³/mol. The second-order valence-corrected chi connectivity index (χ2v) is 9.42. The van der Waals surface area contributed by atoms with Crippen LogP contribution in [-0.2, 0) is 14.3 Å². The van der Waals surface area contributed by atoms with Crippen LogP contribution in [0.15, 0.2) is 48.5 Å². The molecule has 0 radical (unpaired) electrons. The van der Waals surface area contributed by atoms with Gasteiger partial charge in [-0.05, 0) is 60.8 Å². The van der Waals surface area contributed by atoms with Gasteiger partial charge in [-0.15, -0.1) is 0 Å². The molecule has 6 rings (SSSR count). The molecule has 33 heavy (non-hydrogen) atoms. The molecule has 2 aliphatic heterocycles. The first kappa shape index (κ1) is 21.5. The van der Waals surface area contributed by atoms with Gasteiger partial charge in [-0.3, -0.25) is 4.79 Å². The van der Waals surface area contributed by atoms with Gasteiger partial charge in [0.05, 0.1) is 0 Å². The van der Waals surface area contributed by atoms with E-state index in [1.807, 2.05) is 36.4 Å². The average Bonchev–Trinajstić information content (AvgIpc) is 3.16. The molecule has 7 heteroatoms. The van der Waals surface area contributed by atoms with Crippen LogP contribution in [0.1, 0.15) is 49.7 Å². The second kappa shape index (κ2) is 8.21. The second-order valence-electron chi connectivity index (χ2n) is 9.42. The summed E-state index contributed by atoms with van der Waals surface area (Å²) in [6.07, 6.45) is 1.91. The van der Waals surface area contributed by atoms with Crippen molar-refractivity contribution >= 4 is 18.0 Å². The molecular weight excluding hydrogens is 420 g/mol. The number of nitrogens with zero attached hydrogens (tertiary/aromatic N) is 1. The highest BCUT2D eigenvalue weighted by Crippen LogP contribution is 2.45. The van der Waals surface area contributed by atoms with Crippen LogP contribution in [0.2, 0.25) is 0 Å². The number of nitrogens with one attached hydrogen (secondary N) is 1. The van der Waals surface area contributed by atoms with Crippen LogP contribution in [0, 0.1) is 5.92 Å². The molecule has 1 atom stereocenters. The van der Waals surface area contributed by atoms with Crippen LogP contribution in [0.3, 0.4) is 0 Å². The fourth-order valence-electron chi connectivity index (χ4n) is 5.78. The summed E-state index contributed by atoms with van der Waals surface area (Å²) in [4.78, 5) is 39.2. The van der Waals surface area contributed by atoms with Crippen molar-refractivity contribution in [3.8, 4) is 11.1 Å². The van der Waals surface area contributed by atoms with Gasteiger partial charge in [0.15, 0.2) is 0 Å². The lowest BCUT2D eigenvalue weighted by atomic mass is 9.70. The number of benzene rings is 2. The first-order chi connectivity index (χ1) is 15.9. The van der Waals surface area contributed by atoms with E-state index in [0.717, 1.165) is 35.1 Å².